The van der Waals surface area contributed by atoms with Crippen LogP contribution in [0, 0.1) is 0 Å². The lowest BCUT2D eigenvalue weighted by molar-refractivity contribution is 0.0696. The number of H-pyrrole nitrogens is 1. The Balaban J connectivity index is 1.45. The number of aromatic nitrogens is 4. The van der Waals surface area contributed by atoms with Gasteiger partial charge in [0.15, 0.2) is 5.03 Å². The second-order valence-corrected chi connectivity index (χ2v) is 8.20. The first kappa shape index (κ1) is 16.3. The van der Waals surface area contributed by atoms with Crippen molar-refractivity contribution in [1.82, 2.24) is 29.0 Å². The summed E-state index contributed by atoms with van der Waals surface area (Å²) in [6.45, 7) is 2.15. The molecule has 25 heavy (non-hydrogen) atoms. The molecule has 4 rings (SSSR count). The minimum absolute atomic E-state index is 0.0539. The molecule has 0 spiro atoms. The fourth-order valence-corrected chi connectivity index (χ4v) is 4.74. The molecule has 0 aromatic carbocycles. The molecule has 0 saturated carbocycles. The van der Waals surface area contributed by atoms with Crippen LogP contribution in [-0.2, 0) is 23.0 Å². The molecule has 0 atom stereocenters. The molecule has 0 aliphatic carbocycles. The van der Waals surface area contributed by atoms with Crippen LogP contribution < -0.4 is 0 Å². The number of fused-ring (bicyclic) bond motifs is 1. The maximum Gasteiger partial charge on any atom is 0.260 e. The molecule has 134 valence electrons. The van der Waals surface area contributed by atoms with E-state index in [1.807, 2.05) is 4.68 Å². The van der Waals surface area contributed by atoms with Gasteiger partial charge in [0, 0.05) is 32.7 Å². The van der Waals surface area contributed by atoms with E-state index in [0.29, 0.717) is 18.7 Å². The van der Waals surface area contributed by atoms with Crippen molar-refractivity contribution >= 4 is 15.9 Å². The van der Waals surface area contributed by atoms with E-state index in [2.05, 4.69) is 15.1 Å². The van der Waals surface area contributed by atoms with E-state index in [0.717, 1.165) is 31.5 Å². The van der Waals surface area contributed by atoms with Gasteiger partial charge in [-0.25, -0.2) is 13.4 Å². The highest BCUT2D eigenvalue weighted by molar-refractivity contribution is 7.89. The van der Waals surface area contributed by atoms with Crippen LogP contribution in [0.2, 0.25) is 0 Å². The van der Waals surface area contributed by atoms with Crippen LogP contribution in [0.4, 0.5) is 0 Å². The Kier molecular flexibility index (Phi) is 4.08. The van der Waals surface area contributed by atoms with E-state index in [9.17, 15) is 13.2 Å². The zero-order valence-corrected chi connectivity index (χ0v) is 14.6. The van der Waals surface area contributed by atoms with Crippen LogP contribution in [0.25, 0.3) is 0 Å². The summed E-state index contributed by atoms with van der Waals surface area (Å²) in [5.41, 5.74) is 1.66. The first-order valence-corrected chi connectivity index (χ1v) is 9.84. The van der Waals surface area contributed by atoms with Crippen LogP contribution in [0.3, 0.4) is 0 Å². The highest BCUT2D eigenvalue weighted by atomic mass is 32.2. The smallest absolute Gasteiger partial charge is 0.260 e. The predicted molar refractivity (Wildman–Crippen MR) is 88.4 cm³/mol. The van der Waals surface area contributed by atoms with Crippen molar-refractivity contribution in [3.05, 3.63) is 30.0 Å². The van der Waals surface area contributed by atoms with E-state index in [1.165, 1.54) is 16.8 Å². The second kappa shape index (κ2) is 6.26. The number of rotatable bonds is 3. The van der Waals surface area contributed by atoms with Crippen LogP contribution >= 0.6 is 0 Å². The van der Waals surface area contributed by atoms with Gasteiger partial charge in [0.25, 0.3) is 15.9 Å². The monoisotopic (exact) mass is 364 g/mol. The molecule has 2 aromatic rings. The van der Waals surface area contributed by atoms with Gasteiger partial charge in [0.05, 0.1) is 30.0 Å². The highest BCUT2D eigenvalue weighted by Gasteiger charge is 2.32. The summed E-state index contributed by atoms with van der Waals surface area (Å²) in [6.07, 6.45) is 7.32. The number of imidazole rings is 1. The minimum Gasteiger partial charge on any atom is -0.336 e. The van der Waals surface area contributed by atoms with Crippen molar-refractivity contribution in [2.75, 3.05) is 26.2 Å². The third kappa shape index (κ3) is 2.85. The molecule has 10 heteroatoms. The molecule has 0 bridgehead atoms. The normalized spacial score (nSPS) is 19.0. The fourth-order valence-electron chi connectivity index (χ4n) is 3.42. The van der Waals surface area contributed by atoms with Crippen LogP contribution in [0.15, 0.2) is 23.7 Å². The number of nitrogens with zero attached hydrogens (tertiary/aromatic N) is 5. The summed E-state index contributed by atoms with van der Waals surface area (Å²) in [5, 5.41) is 4.39. The average molecular weight is 364 g/mol. The molecule has 0 radical (unpaired) electrons. The molecule has 0 unspecified atom stereocenters. The Morgan fingerprint density at radius 2 is 1.88 bits per heavy atom. The van der Waals surface area contributed by atoms with Crippen molar-refractivity contribution in [3.63, 3.8) is 0 Å². The lowest BCUT2D eigenvalue weighted by Gasteiger charge is -2.33. The van der Waals surface area contributed by atoms with Crippen LogP contribution in [-0.4, -0.2) is 69.5 Å². The van der Waals surface area contributed by atoms with Crippen LogP contribution in [0.5, 0.6) is 0 Å². The van der Waals surface area contributed by atoms with Crippen molar-refractivity contribution in [3.8, 4) is 0 Å². The Bertz CT molecular complexity index is 865. The number of nitrogens with one attached hydrogen (secondary N) is 1. The Labute approximate surface area is 145 Å². The van der Waals surface area contributed by atoms with Crippen LogP contribution in [0.1, 0.15) is 28.9 Å². The third-order valence-electron chi connectivity index (χ3n) is 4.83. The molecule has 1 fully saturated rings. The Hall–Kier alpha value is -2.20. The lowest BCUT2D eigenvalue weighted by atomic mass is 10.1. The number of aryl methyl sites for hydroxylation is 1. The number of piperazine rings is 1. The quantitative estimate of drug-likeness (QED) is 0.831. The first-order chi connectivity index (χ1) is 12.1. The Morgan fingerprint density at radius 1 is 1.08 bits per heavy atom. The van der Waals surface area contributed by atoms with E-state index >= 15 is 0 Å². The Morgan fingerprint density at radius 3 is 2.60 bits per heavy atom. The summed E-state index contributed by atoms with van der Waals surface area (Å²) in [7, 11) is -3.58. The summed E-state index contributed by atoms with van der Waals surface area (Å²) < 4.78 is 28.3. The van der Waals surface area contributed by atoms with Crippen molar-refractivity contribution in [1.29, 1.82) is 0 Å². The third-order valence-corrected chi connectivity index (χ3v) is 6.65. The summed E-state index contributed by atoms with van der Waals surface area (Å²) in [6, 6.07) is 0. The zero-order valence-electron chi connectivity index (χ0n) is 13.8. The topological polar surface area (TPSA) is 104 Å². The van der Waals surface area contributed by atoms with Gasteiger partial charge in [-0.15, -0.1) is 0 Å². The minimum atomic E-state index is -3.58. The maximum absolute atomic E-state index is 12.8. The molecule has 1 N–H and O–H groups in total. The van der Waals surface area contributed by atoms with Crippen molar-refractivity contribution in [2.45, 2.75) is 30.8 Å². The molecule has 2 aliphatic rings. The van der Waals surface area contributed by atoms with Gasteiger partial charge in [-0.1, -0.05) is 0 Å². The van der Waals surface area contributed by atoms with Gasteiger partial charge < -0.3 is 9.88 Å². The highest BCUT2D eigenvalue weighted by Crippen LogP contribution is 2.21. The fraction of sp³-hybridized carbons (Fsp3) is 0.533. The average Bonchev–Trinajstić information content (AvgIpc) is 3.31. The predicted octanol–water partition coefficient (Wildman–Crippen LogP) is 0.0892. The number of carbonyl (C=O) groups excluding carboxylic acids is 1. The van der Waals surface area contributed by atoms with Gasteiger partial charge in [0.1, 0.15) is 0 Å². The molecule has 4 heterocycles. The number of carbonyl (C=O) groups is 1. The van der Waals surface area contributed by atoms with Gasteiger partial charge in [-0.2, -0.15) is 9.40 Å². The second-order valence-electron chi connectivity index (χ2n) is 6.30. The molecule has 1 amide bonds. The maximum atomic E-state index is 12.8. The number of hydrogen-bond donors (Lipinski definition) is 1. The summed E-state index contributed by atoms with van der Waals surface area (Å²) >= 11 is 0. The number of aromatic amines is 1. The van der Waals surface area contributed by atoms with Gasteiger partial charge >= 0.3 is 0 Å². The number of amides is 1. The van der Waals surface area contributed by atoms with Gasteiger partial charge in [-0.05, 0) is 19.3 Å². The number of hydrogen-bond acceptors (Lipinski definition) is 5. The van der Waals surface area contributed by atoms with E-state index < -0.39 is 10.0 Å². The molecule has 9 nitrogen and oxygen atoms in total. The van der Waals surface area contributed by atoms with Gasteiger partial charge in [-0.3, -0.25) is 9.48 Å². The molecule has 1 saturated heterocycles. The standard InChI is InChI=1S/C15H20N6O3S/c22-15(12-9-18-21-4-2-1-3-13(12)21)19-5-7-20(8-6-19)25(23,24)14-10-16-11-17-14/h9-11H,1-8H2,(H,16,17). The van der Waals surface area contributed by atoms with Crippen molar-refractivity contribution in [2.24, 2.45) is 0 Å². The zero-order chi connectivity index (χ0) is 17.4. The first-order valence-electron chi connectivity index (χ1n) is 8.40. The number of sulfonamides is 1. The van der Waals surface area contributed by atoms with E-state index in [4.69, 9.17) is 0 Å². The molecule has 2 aliphatic heterocycles. The van der Waals surface area contributed by atoms with Gasteiger partial charge in [0.2, 0.25) is 0 Å². The molecule has 2 aromatic heterocycles. The van der Waals surface area contributed by atoms with E-state index in [1.54, 1.807) is 11.1 Å². The SMILES string of the molecule is O=C(c1cnn2c1CCCC2)N1CCN(S(=O)(=O)c2cnc[nH]2)CC1. The van der Waals surface area contributed by atoms with Crippen molar-refractivity contribution < 1.29 is 13.2 Å². The largest absolute Gasteiger partial charge is 0.336 e. The lowest BCUT2D eigenvalue weighted by Crippen LogP contribution is -2.50. The molecular weight excluding hydrogens is 344 g/mol. The summed E-state index contributed by atoms with van der Waals surface area (Å²) in [4.78, 5) is 20.9. The summed E-state index contributed by atoms with van der Waals surface area (Å²) in [5.74, 6) is -0.0539. The molecular formula is C15H20N6O3S. The van der Waals surface area contributed by atoms with E-state index in [-0.39, 0.29) is 24.0 Å².